The van der Waals surface area contributed by atoms with Crippen molar-refractivity contribution in [3.8, 4) is 5.75 Å². The summed E-state index contributed by atoms with van der Waals surface area (Å²) in [6, 6.07) is 12.0. The van der Waals surface area contributed by atoms with Gasteiger partial charge < -0.3 is 20.7 Å². The number of ether oxygens (including phenoxy) is 1. The molecule has 0 saturated heterocycles. The van der Waals surface area contributed by atoms with E-state index in [2.05, 4.69) is 51.1 Å². The van der Waals surface area contributed by atoms with E-state index >= 15 is 0 Å². The van der Waals surface area contributed by atoms with Gasteiger partial charge in [0.05, 0.1) is 33.8 Å². The van der Waals surface area contributed by atoms with Gasteiger partial charge in [-0.15, -0.1) is 0 Å². The Morgan fingerprint density at radius 2 is 1.73 bits per heavy atom. The van der Waals surface area contributed by atoms with Crippen LogP contribution in [0.4, 0.5) is 23.1 Å². The van der Waals surface area contributed by atoms with Gasteiger partial charge in [0, 0.05) is 12.1 Å². The highest BCUT2D eigenvalue weighted by Gasteiger charge is 2.40. The Labute approximate surface area is 266 Å². The fourth-order valence-electron chi connectivity index (χ4n) is 5.92. The highest BCUT2D eigenvalue weighted by atomic mass is 35.5. The van der Waals surface area contributed by atoms with E-state index < -0.39 is 15.1 Å². The second-order valence-electron chi connectivity index (χ2n) is 12.9. The van der Waals surface area contributed by atoms with E-state index in [1.165, 1.54) is 43.0 Å². The SMILES string of the molecule is Cc1cc(Nc2ncc(Cl)c(Nc3ccccc3S(=O)(=O)C(C)C)n2)c(OC(C)C)cc1C1=C[C@H](C2CC2)N[C@@H](C2CC2)C1. The van der Waals surface area contributed by atoms with Gasteiger partial charge in [0.15, 0.2) is 15.7 Å². The molecule has 0 unspecified atom stereocenters. The van der Waals surface area contributed by atoms with E-state index in [0.717, 1.165) is 35.3 Å². The molecule has 0 bridgehead atoms. The Bertz CT molecular complexity index is 1680. The molecule has 2 atom stereocenters. The number of benzene rings is 2. The van der Waals surface area contributed by atoms with Gasteiger partial charge in [-0.25, -0.2) is 13.4 Å². The molecule has 6 rings (SSSR count). The number of anilines is 4. The Morgan fingerprint density at radius 3 is 2.41 bits per heavy atom. The predicted octanol–water partition coefficient (Wildman–Crippen LogP) is 7.83. The van der Waals surface area contributed by atoms with Crippen LogP contribution in [-0.2, 0) is 9.84 Å². The summed E-state index contributed by atoms with van der Waals surface area (Å²) in [4.78, 5) is 9.25. The minimum atomic E-state index is -3.53. The zero-order chi connectivity index (χ0) is 31.2. The van der Waals surface area contributed by atoms with Gasteiger partial charge >= 0.3 is 0 Å². The summed E-state index contributed by atoms with van der Waals surface area (Å²) in [6.07, 6.45) is 10.2. The fraction of sp³-hybridized carbons (Fsp3) is 0.471. The van der Waals surface area contributed by atoms with Crippen LogP contribution < -0.4 is 20.7 Å². The molecule has 1 aromatic heterocycles. The van der Waals surface area contributed by atoms with Crippen LogP contribution in [-0.4, -0.2) is 41.8 Å². The molecule has 3 N–H and O–H groups in total. The normalized spacial score (nSPS) is 20.5. The first-order valence-corrected chi connectivity index (χ1v) is 17.6. The second kappa shape index (κ2) is 12.3. The largest absolute Gasteiger partial charge is 0.489 e. The zero-order valence-corrected chi connectivity index (χ0v) is 27.6. The molecule has 2 fully saturated rings. The van der Waals surface area contributed by atoms with Crippen LogP contribution in [0.25, 0.3) is 5.57 Å². The molecule has 10 heteroatoms. The first-order chi connectivity index (χ1) is 21.0. The molecule has 2 heterocycles. The molecule has 2 aliphatic carbocycles. The van der Waals surface area contributed by atoms with Crippen LogP contribution in [0.15, 0.2) is 53.6 Å². The van der Waals surface area contributed by atoms with Crippen LogP contribution in [0, 0.1) is 18.8 Å². The number of hydrogen-bond acceptors (Lipinski definition) is 8. The Kier molecular flexibility index (Phi) is 8.65. The lowest BCUT2D eigenvalue weighted by Crippen LogP contribution is -2.43. The number of sulfone groups is 1. The summed E-state index contributed by atoms with van der Waals surface area (Å²) in [7, 11) is -3.53. The number of nitrogens with one attached hydrogen (secondary N) is 3. The quantitative estimate of drug-likeness (QED) is 0.196. The average Bonchev–Trinajstić information content (AvgIpc) is 3.89. The molecule has 2 saturated carbocycles. The number of halogens is 1. The van der Waals surface area contributed by atoms with E-state index in [1.54, 1.807) is 38.1 Å². The molecule has 2 aromatic carbocycles. The van der Waals surface area contributed by atoms with Gasteiger partial charge in [-0.1, -0.05) is 29.8 Å². The summed E-state index contributed by atoms with van der Waals surface area (Å²) in [5.41, 5.74) is 4.94. The van der Waals surface area contributed by atoms with Gasteiger partial charge in [-0.3, -0.25) is 0 Å². The van der Waals surface area contributed by atoms with E-state index in [1.807, 2.05) is 13.8 Å². The molecule has 44 heavy (non-hydrogen) atoms. The zero-order valence-electron chi connectivity index (χ0n) is 26.0. The fourth-order valence-corrected chi connectivity index (χ4v) is 7.26. The van der Waals surface area contributed by atoms with Crippen LogP contribution in [0.3, 0.4) is 0 Å². The summed E-state index contributed by atoms with van der Waals surface area (Å²) in [5, 5.41) is 10.1. The van der Waals surface area contributed by atoms with E-state index in [0.29, 0.717) is 29.5 Å². The van der Waals surface area contributed by atoms with Crippen LogP contribution in [0.2, 0.25) is 5.02 Å². The van der Waals surface area contributed by atoms with E-state index in [4.69, 9.17) is 16.3 Å². The van der Waals surface area contributed by atoms with Crippen molar-refractivity contribution >= 4 is 50.2 Å². The van der Waals surface area contributed by atoms with Gasteiger partial charge in [-0.2, -0.15) is 4.98 Å². The lowest BCUT2D eigenvalue weighted by molar-refractivity contribution is 0.243. The smallest absolute Gasteiger partial charge is 0.229 e. The van der Waals surface area contributed by atoms with Crippen molar-refractivity contribution in [2.45, 2.75) is 95.1 Å². The van der Waals surface area contributed by atoms with Gasteiger partial charge in [-0.05, 0) is 120 Å². The molecule has 1 aliphatic heterocycles. The van der Waals surface area contributed by atoms with E-state index in [-0.39, 0.29) is 16.0 Å². The van der Waals surface area contributed by atoms with Crippen molar-refractivity contribution in [2.24, 2.45) is 11.8 Å². The predicted molar refractivity (Wildman–Crippen MR) is 178 cm³/mol. The maximum Gasteiger partial charge on any atom is 0.229 e. The van der Waals surface area contributed by atoms with Crippen LogP contribution in [0.5, 0.6) is 5.75 Å². The monoisotopic (exact) mass is 635 g/mol. The molecule has 234 valence electrons. The third kappa shape index (κ3) is 6.75. The van der Waals surface area contributed by atoms with Crippen molar-refractivity contribution in [1.29, 1.82) is 0 Å². The Morgan fingerprint density at radius 1 is 1.00 bits per heavy atom. The van der Waals surface area contributed by atoms with Crippen molar-refractivity contribution in [1.82, 2.24) is 15.3 Å². The average molecular weight is 636 g/mol. The number of para-hydroxylation sites is 1. The minimum absolute atomic E-state index is 0.0331. The molecule has 3 aromatic rings. The van der Waals surface area contributed by atoms with Crippen LogP contribution in [0.1, 0.15) is 70.9 Å². The first-order valence-electron chi connectivity index (χ1n) is 15.7. The molecule has 0 radical (unpaired) electrons. The topological polar surface area (TPSA) is 105 Å². The van der Waals surface area contributed by atoms with Crippen LogP contribution >= 0.6 is 11.6 Å². The lowest BCUT2D eigenvalue weighted by atomic mass is 9.87. The number of rotatable bonds is 11. The lowest BCUT2D eigenvalue weighted by Gasteiger charge is -2.32. The highest BCUT2D eigenvalue weighted by molar-refractivity contribution is 7.92. The Balaban J connectivity index is 1.30. The summed E-state index contributed by atoms with van der Waals surface area (Å²) >= 11 is 6.49. The number of hydrogen-bond donors (Lipinski definition) is 3. The van der Waals surface area contributed by atoms with Gasteiger partial charge in [0.1, 0.15) is 10.8 Å². The maximum atomic E-state index is 13.0. The van der Waals surface area contributed by atoms with E-state index in [9.17, 15) is 8.42 Å². The van der Waals surface area contributed by atoms with Gasteiger partial charge in [0.2, 0.25) is 5.95 Å². The molecule has 8 nitrogen and oxygen atoms in total. The highest BCUT2D eigenvalue weighted by Crippen LogP contribution is 2.45. The second-order valence-corrected chi connectivity index (χ2v) is 15.8. The first kappa shape index (κ1) is 30.9. The number of nitrogens with zero attached hydrogens (tertiary/aromatic N) is 2. The summed E-state index contributed by atoms with van der Waals surface area (Å²) in [5.74, 6) is 2.88. The maximum absolute atomic E-state index is 13.0. The van der Waals surface area contributed by atoms with Crippen molar-refractivity contribution in [3.63, 3.8) is 0 Å². The molecule has 0 spiro atoms. The molecule has 0 amide bonds. The third-order valence-electron chi connectivity index (χ3n) is 8.64. The molecular weight excluding hydrogens is 594 g/mol. The van der Waals surface area contributed by atoms with Gasteiger partial charge in [0.25, 0.3) is 0 Å². The summed E-state index contributed by atoms with van der Waals surface area (Å²) in [6.45, 7) is 9.50. The van der Waals surface area contributed by atoms with Crippen molar-refractivity contribution in [2.75, 3.05) is 10.6 Å². The van der Waals surface area contributed by atoms with Crippen molar-refractivity contribution in [3.05, 3.63) is 64.8 Å². The number of aryl methyl sites for hydroxylation is 1. The number of aromatic nitrogens is 2. The molecule has 3 aliphatic rings. The Hall–Kier alpha value is -3.14. The standard InChI is InChI=1S/C34H42ClN5O3S/c1-19(2)43-31-17-25(24-15-28(22-10-11-22)37-29(16-24)23-12-13-23)21(5)14-30(31)39-34-36-18-26(35)33(40-34)38-27-8-6-7-9-32(27)44(41,42)20(3)4/h6-9,14-15,17-20,22-23,28-29,37H,10-13,16H2,1-5H3,(H2,36,38,39,40)/t28-,29-/m1/s1. The summed E-state index contributed by atoms with van der Waals surface area (Å²) < 4.78 is 32.3. The minimum Gasteiger partial charge on any atom is -0.489 e. The third-order valence-corrected chi connectivity index (χ3v) is 11.1. The molecular formula is C34H42ClN5O3S. The van der Waals surface area contributed by atoms with Crippen molar-refractivity contribution < 1.29 is 13.2 Å².